The first-order chi connectivity index (χ1) is 17.4. The van der Waals surface area contributed by atoms with E-state index in [0.29, 0.717) is 44.6 Å². The molecule has 7 heteroatoms. The SMILES string of the molecule is C=C(NC)c1c(-c2ccc[nH]c2=O)c2cc(/C=C\C)c(F)cc2n1CC1=Cc2ccccc2NC1O. The predicted octanol–water partition coefficient (Wildman–Crippen LogP) is 5.19. The number of aromatic nitrogens is 2. The normalized spacial score (nSPS) is 15.0. The molecule has 0 aliphatic carbocycles. The second-order valence-corrected chi connectivity index (χ2v) is 8.70. The van der Waals surface area contributed by atoms with Crippen LogP contribution in [0.5, 0.6) is 0 Å². The first kappa shape index (κ1) is 23.4. The van der Waals surface area contributed by atoms with Gasteiger partial charge < -0.3 is 25.3 Å². The lowest BCUT2D eigenvalue weighted by Crippen LogP contribution is -2.27. The van der Waals surface area contributed by atoms with Crippen molar-refractivity contribution < 1.29 is 9.50 Å². The summed E-state index contributed by atoms with van der Waals surface area (Å²) >= 11 is 0. The summed E-state index contributed by atoms with van der Waals surface area (Å²) in [6, 6.07) is 14.5. The number of allylic oxidation sites excluding steroid dienone is 1. The Balaban J connectivity index is 1.83. The zero-order chi connectivity index (χ0) is 25.4. The van der Waals surface area contributed by atoms with Crippen molar-refractivity contribution in [2.75, 3.05) is 12.4 Å². The molecular weight excluding hydrogens is 455 g/mol. The monoisotopic (exact) mass is 482 g/mol. The van der Waals surface area contributed by atoms with Gasteiger partial charge in [-0.05, 0) is 54.5 Å². The molecule has 5 rings (SSSR count). The number of fused-ring (bicyclic) bond motifs is 2. The smallest absolute Gasteiger partial charge is 0.255 e. The van der Waals surface area contributed by atoms with E-state index in [4.69, 9.17) is 0 Å². The van der Waals surface area contributed by atoms with Crippen molar-refractivity contribution in [2.45, 2.75) is 19.7 Å². The third-order valence-corrected chi connectivity index (χ3v) is 6.49. The summed E-state index contributed by atoms with van der Waals surface area (Å²) in [5, 5.41) is 17.8. The molecule has 36 heavy (non-hydrogen) atoms. The summed E-state index contributed by atoms with van der Waals surface area (Å²) < 4.78 is 17.1. The number of H-pyrrole nitrogens is 1. The fourth-order valence-electron chi connectivity index (χ4n) is 4.77. The van der Waals surface area contributed by atoms with Gasteiger partial charge in [0, 0.05) is 47.6 Å². The molecule has 4 N–H and O–H groups in total. The highest BCUT2D eigenvalue weighted by molar-refractivity contribution is 6.03. The van der Waals surface area contributed by atoms with Crippen LogP contribution in [0.15, 0.2) is 77.8 Å². The summed E-state index contributed by atoms with van der Waals surface area (Å²) in [7, 11) is 1.75. The van der Waals surface area contributed by atoms with Gasteiger partial charge in [0.25, 0.3) is 5.56 Å². The van der Waals surface area contributed by atoms with Crippen molar-refractivity contribution in [3.05, 3.63) is 106 Å². The molecule has 1 unspecified atom stereocenters. The van der Waals surface area contributed by atoms with Gasteiger partial charge in [-0.15, -0.1) is 0 Å². The van der Waals surface area contributed by atoms with Crippen LogP contribution in [-0.4, -0.2) is 27.9 Å². The number of nitrogens with zero attached hydrogens (tertiary/aromatic N) is 1. The molecule has 1 atom stereocenters. The molecule has 0 fully saturated rings. The summed E-state index contributed by atoms with van der Waals surface area (Å²) in [6.07, 6.45) is 6.06. The number of anilines is 1. The largest absolute Gasteiger partial charge is 0.387 e. The Hall–Kier alpha value is -4.36. The Bertz CT molecular complexity index is 1610. The predicted molar refractivity (Wildman–Crippen MR) is 145 cm³/mol. The summed E-state index contributed by atoms with van der Waals surface area (Å²) in [6.45, 7) is 6.27. The van der Waals surface area contributed by atoms with Crippen LogP contribution in [0.4, 0.5) is 10.1 Å². The van der Waals surface area contributed by atoms with Gasteiger partial charge in [0.15, 0.2) is 0 Å². The zero-order valence-corrected chi connectivity index (χ0v) is 20.1. The lowest BCUT2D eigenvalue weighted by molar-refractivity contribution is 0.234. The first-order valence-electron chi connectivity index (χ1n) is 11.7. The minimum atomic E-state index is -0.927. The highest BCUT2D eigenvalue weighted by atomic mass is 19.1. The van der Waals surface area contributed by atoms with Crippen molar-refractivity contribution in [2.24, 2.45) is 0 Å². The lowest BCUT2D eigenvalue weighted by atomic mass is 10.00. The number of benzene rings is 2. The lowest BCUT2D eigenvalue weighted by Gasteiger charge is -2.26. The van der Waals surface area contributed by atoms with Gasteiger partial charge in [-0.2, -0.15) is 0 Å². The fraction of sp³-hybridized carbons (Fsp3) is 0.138. The van der Waals surface area contributed by atoms with Gasteiger partial charge in [-0.25, -0.2) is 4.39 Å². The average Bonchev–Trinajstić information content (AvgIpc) is 3.17. The van der Waals surface area contributed by atoms with E-state index >= 15 is 4.39 Å². The van der Waals surface area contributed by atoms with E-state index in [1.165, 1.54) is 6.07 Å². The van der Waals surface area contributed by atoms with E-state index in [9.17, 15) is 9.90 Å². The van der Waals surface area contributed by atoms with Crippen LogP contribution in [0.2, 0.25) is 0 Å². The van der Waals surface area contributed by atoms with E-state index in [1.807, 2.05) is 41.8 Å². The van der Waals surface area contributed by atoms with Crippen LogP contribution in [-0.2, 0) is 6.54 Å². The van der Waals surface area contributed by atoms with Gasteiger partial charge in [0.2, 0.25) is 0 Å². The molecule has 6 nitrogen and oxygen atoms in total. The molecule has 182 valence electrons. The van der Waals surface area contributed by atoms with Gasteiger partial charge in [0.1, 0.15) is 12.0 Å². The molecule has 1 aliphatic rings. The van der Waals surface area contributed by atoms with Crippen molar-refractivity contribution in [1.82, 2.24) is 14.9 Å². The minimum absolute atomic E-state index is 0.252. The molecule has 4 aromatic rings. The van der Waals surface area contributed by atoms with Crippen LogP contribution < -0.4 is 16.2 Å². The Morgan fingerprint density at radius 1 is 1.25 bits per heavy atom. The van der Waals surface area contributed by atoms with Crippen LogP contribution in [0.1, 0.15) is 23.7 Å². The minimum Gasteiger partial charge on any atom is -0.387 e. The molecule has 0 amide bonds. The second-order valence-electron chi connectivity index (χ2n) is 8.70. The van der Waals surface area contributed by atoms with Crippen LogP contribution in [0.25, 0.3) is 39.9 Å². The van der Waals surface area contributed by atoms with Crippen LogP contribution in [0.3, 0.4) is 0 Å². The summed E-state index contributed by atoms with van der Waals surface area (Å²) in [5.74, 6) is -0.379. The highest BCUT2D eigenvalue weighted by Gasteiger charge is 2.26. The zero-order valence-electron chi connectivity index (χ0n) is 20.1. The maximum absolute atomic E-state index is 15.2. The van der Waals surface area contributed by atoms with E-state index in [1.54, 1.807) is 43.6 Å². The Labute approximate surface area is 208 Å². The first-order valence-corrected chi connectivity index (χ1v) is 11.7. The quantitative estimate of drug-likeness (QED) is 0.305. The highest BCUT2D eigenvalue weighted by Crippen LogP contribution is 2.39. The number of pyridine rings is 1. The van der Waals surface area contributed by atoms with Crippen molar-refractivity contribution >= 4 is 34.4 Å². The molecule has 0 bridgehead atoms. The number of hydrogen-bond acceptors (Lipinski definition) is 4. The number of aliphatic hydroxyl groups is 1. The van der Waals surface area contributed by atoms with Gasteiger partial charge in [-0.1, -0.05) is 36.9 Å². The molecule has 0 spiro atoms. The fourth-order valence-corrected chi connectivity index (χ4v) is 4.77. The number of nitrogens with one attached hydrogen (secondary N) is 3. The molecule has 0 saturated carbocycles. The van der Waals surface area contributed by atoms with Crippen LogP contribution in [0, 0.1) is 5.82 Å². The van der Waals surface area contributed by atoms with E-state index in [-0.39, 0.29) is 17.9 Å². The number of rotatable bonds is 6. The van der Waals surface area contributed by atoms with Gasteiger partial charge in [-0.3, -0.25) is 4.79 Å². The van der Waals surface area contributed by atoms with Gasteiger partial charge in [0.05, 0.1) is 16.9 Å². The van der Waals surface area contributed by atoms with Crippen molar-refractivity contribution in [3.8, 4) is 11.1 Å². The molecule has 2 aromatic carbocycles. The molecule has 3 heterocycles. The third kappa shape index (κ3) is 3.93. The number of hydrogen-bond donors (Lipinski definition) is 4. The van der Waals surface area contributed by atoms with Gasteiger partial charge >= 0.3 is 0 Å². The Morgan fingerprint density at radius 2 is 2.06 bits per heavy atom. The molecule has 0 radical (unpaired) electrons. The van der Waals surface area contributed by atoms with E-state index in [2.05, 4.69) is 22.2 Å². The molecule has 1 aliphatic heterocycles. The van der Waals surface area contributed by atoms with Crippen molar-refractivity contribution in [3.63, 3.8) is 0 Å². The maximum Gasteiger partial charge on any atom is 0.255 e. The topological polar surface area (TPSA) is 82.1 Å². The third-order valence-electron chi connectivity index (χ3n) is 6.49. The van der Waals surface area contributed by atoms with Crippen LogP contribution >= 0.6 is 0 Å². The molecular formula is C29H27FN4O2. The number of aliphatic hydroxyl groups excluding tert-OH is 1. The Kier molecular flexibility index (Phi) is 6.08. The average molecular weight is 483 g/mol. The molecule has 0 saturated heterocycles. The van der Waals surface area contributed by atoms with E-state index in [0.717, 1.165) is 11.3 Å². The standard InChI is InChI=1S/C29H27FN4O2/c1-4-8-18-14-22-25(15-23(18)30)34(16-20-13-19-9-5-6-11-24(19)33-28(20)35)27(17(2)31-3)26(22)21-10-7-12-32-29(21)36/h4-15,28,31,33,35H,2,16H2,1,3H3,(H,32,36)/b8-4-. The summed E-state index contributed by atoms with van der Waals surface area (Å²) in [4.78, 5) is 15.7. The Morgan fingerprint density at radius 3 is 2.81 bits per heavy atom. The number of para-hydroxylation sites is 1. The molecule has 2 aromatic heterocycles. The summed E-state index contributed by atoms with van der Waals surface area (Å²) in [5.41, 5.74) is 5.55. The second kappa shape index (κ2) is 9.36. The number of halogens is 1. The number of aromatic amines is 1. The van der Waals surface area contributed by atoms with Crippen molar-refractivity contribution in [1.29, 1.82) is 0 Å². The maximum atomic E-state index is 15.2. The van der Waals surface area contributed by atoms with E-state index < -0.39 is 6.23 Å².